The number of imide groups is 1. The molecule has 7 nitrogen and oxygen atoms in total. The van der Waals surface area contributed by atoms with Crippen LogP contribution in [-0.4, -0.2) is 53.7 Å². The summed E-state index contributed by atoms with van der Waals surface area (Å²) >= 11 is 0. The number of rotatable bonds is 7. The number of carbonyl (C=O) groups is 3. The molecule has 1 aromatic heterocycles. The van der Waals surface area contributed by atoms with E-state index in [0.29, 0.717) is 6.54 Å². The Kier molecular flexibility index (Phi) is 5.80. The number of amides is 3. The zero-order chi connectivity index (χ0) is 19.5. The summed E-state index contributed by atoms with van der Waals surface area (Å²) in [6.45, 7) is 2.66. The van der Waals surface area contributed by atoms with Gasteiger partial charge in [0.05, 0.1) is 24.1 Å². The minimum absolute atomic E-state index is 0.0272. The van der Waals surface area contributed by atoms with Gasteiger partial charge in [-0.2, -0.15) is 0 Å². The predicted molar refractivity (Wildman–Crippen MR) is 102 cm³/mol. The fourth-order valence-electron chi connectivity index (χ4n) is 4.91. The van der Waals surface area contributed by atoms with Gasteiger partial charge in [-0.1, -0.05) is 12.8 Å². The number of carbonyl (C=O) groups excluding carboxylic acids is 3. The summed E-state index contributed by atoms with van der Waals surface area (Å²) in [4.78, 5) is 41.1. The molecule has 1 saturated carbocycles. The molecule has 1 aromatic rings. The van der Waals surface area contributed by atoms with Gasteiger partial charge in [0.2, 0.25) is 17.7 Å². The maximum atomic E-state index is 12.5. The molecule has 7 heteroatoms. The first-order chi connectivity index (χ1) is 13.6. The van der Waals surface area contributed by atoms with Crippen LogP contribution in [0.15, 0.2) is 22.8 Å². The molecule has 2 aliphatic heterocycles. The van der Waals surface area contributed by atoms with E-state index in [9.17, 15) is 14.4 Å². The maximum absolute atomic E-state index is 12.5. The van der Waals surface area contributed by atoms with Crippen LogP contribution in [0.5, 0.6) is 0 Å². The molecule has 3 atom stereocenters. The Morgan fingerprint density at radius 2 is 1.79 bits per heavy atom. The Balaban J connectivity index is 1.29. The average Bonchev–Trinajstić information content (AvgIpc) is 3.45. The van der Waals surface area contributed by atoms with Crippen molar-refractivity contribution in [2.45, 2.75) is 51.0 Å². The molecular weight excluding hydrogens is 358 g/mol. The topological polar surface area (TPSA) is 82.9 Å². The molecule has 0 radical (unpaired) electrons. The predicted octanol–water partition coefficient (Wildman–Crippen LogP) is 2.10. The van der Waals surface area contributed by atoms with E-state index in [1.54, 1.807) is 6.26 Å². The highest BCUT2D eigenvalue weighted by atomic mass is 16.3. The molecule has 1 aliphatic carbocycles. The fraction of sp³-hybridized carbons (Fsp3) is 0.667. The summed E-state index contributed by atoms with van der Waals surface area (Å²) in [6, 6.07) is 3.84. The van der Waals surface area contributed by atoms with Gasteiger partial charge in [-0.3, -0.25) is 24.2 Å². The SMILES string of the molecule is O=C(CCN1C(=O)[C@H]2CCCC[C@@H]2C1=O)NC[C@@H](c1ccco1)N1CCCC1. The van der Waals surface area contributed by atoms with E-state index in [0.717, 1.165) is 57.4 Å². The molecule has 28 heavy (non-hydrogen) atoms. The van der Waals surface area contributed by atoms with Crippen molar-refractivity contribution in [3.8, 4) is 0 Å². The van der Waals surface area contributed by atoms with Gasteiger partial charge in [0.25, 0.3) is 0 Å². The van der Waals surface area contributed by atoms with Gasteiger partial charge in [0, 0.05) is 19.5 Å². The first-order valence-corrected chi connectivity index (χ1v) is 10.5. The molecule has 0 bridgehead atoms. The van der Waals surface area contributed by atoms with Crippen molar-refractivity contribution >= 4 is 17.7 Å². The Morgan fingerprint density at radius 1 is 1.11 bits per heavy atom. The molecule has 0 unspecified atom stereocenters. The van der Waals surface area contributed by atoms with Gasteiger partial charge >= 0.3 is 0 Å². The number of furan rings is 1. The van der Waals surface area contributed by atoms with E-state index in [-0.39, 0.29) is 48.6 Å². The summed E-state index contributed by atoms with van der Waals surface area (Å²) in [5.41, 5.74) is 0. The third kappa shape index (κ3) is 3.85. The lowest BCUT2D eigenvalue weighted by molar-refractivity contribution is -0.140. The Morgan fingerprint density at radius 3 is 2.39 bits per heavy atom. The highest BCUT2D eigenvalue weighted by Crippen LogP contribution is 2.38. The van der Waals surface area contributed by atoms with E-state index in [1.165, 1.54) is 4.90 Å². The van der Waals surface area contributed by atoms with Crippen LogP contribution < -0.4 is 5.32 Å². The van der Waals surface area contributed by atoms with E-state index in [4.69, 9.17) is 4.42 Å². The molecule has 152 valence electrons. The van der Waals surface area contributed by atoms with Crippen LogP contribution in [0, 0.1) is 11.8 Å². The van der Waals surface area contributed by atoms with Crippen molar-refractivity contribution in [1.29, 1.82) is 0 Å². The lowest BCUT2D eigenvalue weighted by Gasteiger charge is -2.26. The van der Waals surface area contributed by atoms with Gasteiger partial charge in [0.1, 0.15) is 5.76 Å². The summed E-state index contributed by atoms with van der Waals surface area (Å²) in [5.74, 6) is 0.272. The minimum atomic E-state index is -0.150. The summed E-state index contributed by atoms with van der Waals surface area (Å²) in [5, 5.41) is 2.97. The zero-order valence-corrected chi connectivity index (χ0v) is 16.3. The van der Waals surface area contributed by atoms with E-state index >= 15 is 0 Å². The van der Waals surface area contributed by atoms with Gasteiger partial charge < -0.3 is 9.73 Å². The van der Waals surface area contributed by atoms with Crippen molar-refractivity contribution < 1.29 is 18.8 Å². The third-order valence-electron chi connectivity index (χ3n) is 6.44. The lowest BCUT2D eigenvalue weighted by Crippen LogP contribution is -2.39. The first kappa shape index (κ1) is 19.2. The van der Waals surface area contributed by atoms with Crippen LogP contribution in [0.3, 0.4) is 0 Å². The quantitative estimate of drug-likeness (QED) is 0.725. The van der Waals surface area contributed by atoms with Crippen molar-refractivity contribution in [3.63, 3.8) is 0 Å². The van der Waals surface area contributed by atoms with Gasteiger partial charge in [-0.15, -0.1) is 0 Å². The number of hydrogen-bond acceptors (Lipinski definition) is 5. The largest absolute Gasteiger partial charge is 0.468 e. The molecule has 0 spiro atoms. The summed E-state index contributed by atoms with van der Waals surface area (Å²) in [6.07, 6.45) is 7.76. The van der Waals surface area contributed by atoms with Crippen molar-refractivity contribution in [2.24, 2.45) is 11.8 Å². The monoisotopic (exact) mass is 387 g/mol. The third-order valence-corrected chi connectivity index (χ3v) is 6.44. The highest BCUT2D eigenvalue weighted by molar-refractivity contribution is 6.05. The van der Waals surface area contributed by atoms with Crippen molar-refractivity contribution in [1.82, 2.24) is 15.1 Å². The molecule has 3 aliphatic rings. The highest BCUT2D eigenvalue weighted by Gasteiger charge is 2.47. The second-order valence-corrected chi connectivity index (χ2v) is 8.15. The van der Waals surface area contributed by atoms with E-state index in [2.05, 4.69) is 10.2 Å². The standard InChI is InChI=1S/C21H29N3O4/c25-19(9-12-24-20(26)15-6-1-2-7-16(15)21(24)27)22-14-17(18-8-5-13-28-18)23-10-3-4-11-23/h5,8,13,15-17H,1-4,6-7,9-12,14H2,(H,22,25)/t15-,16-,17-/m0/s1. The summed E-state index contributed by atoms with van der Waals surface area (Å²) < 4.78 is 5.57. The molecule has 3 heterocycles. The molecule has 1 N–H and O–H groups in total. The fourth-order valence-corrected chi connectivity index (χ4v) is 4.91. The second kappa shape index (κ2) is 8.47. The number of nitrogens with zero attached hydrogens (tertiary/aromatic N) is 2. The first-order valence-electron chi connectivity index (χ1n) is 10.5. The van der Waals surface area contributed by atoms with Crippen LogP contribution in [0.4, 0.5) is 0 Å². The lowest BCUT2D eigenvalue weighted by atomic mass is 9.81. The molecule has 4 rings (SSSR count). The number of nitrogens with one attached hydrogen (secondary N) is 1. The van der Waals surface area contributed by atoms with E-state index < -0.39 is 0 Å². The molecule has 2 saturated heterocycles. The average molecular weight is 387 g/mol. The van der Waals surface area contributed by atoms with Gasteiger partial charge in [-0.05, 0) is 50.9 Å². The van der Waals surface area contributed by atoms with Crippen LogP contribution in [0.1, 0.15) is 56.7 Å². The minimum Gasteiger partial charge on any atom is -0.468 e. The van der Waals surface area contributed by atoms with Crippen LogP contribution in [0.2, 0.25) is 0 Å². The Labute approximate surface area is 165 Å². The molecule has 3 fully saturated rings. The maximum Gasteiger partial charge on any atom is 0.233 e. The number of hydrogen-bond donors (Lipinski definition) is 1. The van der Waals surface area contributed by atoms with Crippen LogP contribution in [-0.2, 0) is 14.4 Å². The van der Waals surface area contributed by atoms with Crippen molar-refractivity contribution in [3.05, 3.63) is 24.2 Å². The summed E-state index contributed by atoms with van der Waals surface area (Å²) in [7, 11) is 0. The molecular formula is C21H29N3O4. The Bertz CT molecular complexity index is 687. The zero-order valence-electron chi connectivity index (χ0n) is 16.3. The normalized spacial score (nSPS) is 26.5. The van der Waals surface area contributed by atoms with Gasteiger partial charge in [0.15, 0.2) is 0 Å². The van der Waals surface area contributed by atoms with Crippen molar-refractivity contribution in [2.75, 3.05) is 26.2 Å². The molecule has 0 aromatic carbocycles. The smallest absolute Gasteiger partial charge is 0.233 e. The van der Waals surface area contributed by atoms with Gasteiger partial charge in [-0.25, -0.2) is 0 Å². The molecule has 3 amide bonds. The Hall–Kier alpha value is -2.15. The number of likely N-dealkylation sites (tertiary alicyclic amines) is 2. The van der Waals surface area contributed by atoms with Crippen LogP contribution in [0.25, 0.3) is 0 Å². The number of fused-ring (bicyclic) bond motifs is 1. The van der Waals surface area contributed by atoms with Crippen LogP contribution >= 0.6 is 0 Å². The van der Waals surface area contributed by atoms with E-state index in [1.807, 2.05) is 12.1 Å². The second-order valence-electron chi connectivity index (χ2n) is 8.15.